The van der Waals surface area contributed by atoms with Crippen molar-refractivity contribution < 1.29 is 9.59 Å². The minimum absolute atomic E-state index is 0.0700. The fourth-order valence-corrected chi connectivity index (χ4v) is 2.48. The number of carbonyl (C=O) groups excluding carboxylic acids is 2. The Morgan fingerprint density at radius 3 is 2.27 bits per heavy atom. The second-order valence-corrected chi connectivity index (χ2v) is 5.71. The van der Waals surface area contributed by atoms with Gasteiger partial charge < -0.3 is 16.0 Å². The molecular formula is C15H20N4O2S. The summed E-state index contributed by atoms with van der Waals surface area (Å²) in [4.78, 5) is 27.5. The third-order valence-electron chi connectivity index (χ3n) is 3.64. The molecule has 0 aliphatic carbocycles. The Labute approximate surface area is 135 Å². The van der Waals surface area contributed by atoms with E-state index in [1.54, 1.807) is 36.1 Å². The number of piperazine rings is 1. The molecule has 0 atom stereocenters. The second kappa shape index (κ2) is 7.33. The van der Waals surface area contributed by atoms with Crippen LogP contribution in [-0.2, 0) is 9.59 Å². The van der Waals surface area contributed by atoms with Crippen molar-refractivity contribution in [2.24, 2.45) is 5.73 Å². The summed E-state index contributed by atoms with van der Waals surface area (Å²) in [5, 5.41) is 2.84. The van der Waals surface area contributed by atoms with Crippen molar-refractivity contribution in [3.05, 3.63) is 29.8 Å². The molecule has 1 saturated heterocycles. The molecule has 1 aromatic rings. The quantitative estimate of drug-likeness (QED) is 0.786. The first-order valence-electron chi connectivity index (χ1n) is 7.13. The van der Waals surface area contributed by atoms with E-state index >= 15 is 0 Å². The van der Waals surface area contributed by atoms with Crippen LogP contribution < -0.4 is 11.1 Å². The molecule has 1 aromatic carbocycles. The van der Waals surface area contributed by atoms with Crippen molar-refractivity contribution in [1.82, 2.24) is 9.80 Å². The Morgan fingerprint density at radius 2 is 1.77 bits per heavy atom. The Morgan fingerprint density at radius 1 is 1.18 bits per heavy atom. The molecule has 0 unspecified atom stereocenters. The highest BCUT2D eigenvalue weighted by Gasteiger charge is 2.20. The smallest absolute Gasteiger partial charge is 0.238 e. The van der Waals surface area contributed by atoms with Crippen LogP contribution in [0.3, 0.4) is 0 Å². The van der Waals surface area contributed by atoms with E-state index < -0.39 is 0 Å². The Balaban J connectivity index is 1.81. The van der Waals surface area contributed by atoms with Gasteiger partial charge in [-0.1, -0.05) is 12.2 Å². The lowest BCUT2D eigenvalue weighted by Crippen LogP contribution is -2.49. The first-order valence-corrected chi connectivity index (χ1v) is 7.54. The highest BCUT2D eigenvalue weighted by atomic mass is 32.1. The van der Waals surface area contributed by atoms with Gasteiger partial charge in [0, 0.05) is 44.4 Å². The monoisotopic (exact) mass is 320 g/mol. The molecule has 0 spiro atoms. The number of nitrogens with one attached hydrogen (secondary N) is 1. The fraction of sp³-hybridized carbons (Fsp3) is 0.400. The molecule has 3 N–H and O–H groups in total. The molecule has 2 rings (SSSR count). The third kappa shape index (κ3) is 4.51. The van der Waals surface area contributed by atoms with Crippen LogP contribution in [0.1, 0.15) is 12.5 Å². The summed E-state index contributed by atoms with van der Waals surface area (Å²) in [6.45, 7) is 4.67. The van der Waals surface area contributed by atoms with Gasteiger partial charge in [0.1, 0.15) is 4.99 Å². The summed E-state index contributed by atoms with van der Waals surface area (Å²) < 4.78 is 0. The number of carbonyl (C=O) groups is 2. The number of hydrogen-bond acceptors (Lipinski definition) is 4. The summed E-state index contributed by atoms with van der Waals surface area (Å²) in [6.07, 6.45) is 0. The molecule has 2 amide bonds. The highest BCUT2D eigenvalue weighted by Crippen LogP contribution is 2.10. The largest absolute Gasteiger partial charge is 0.389 e. The van der Waals surface area contributed by atoms with Crippen LogP contribution in [-0.4, -0.2) is 59.3 Å². The van der Waals surface area contributed by atoms with Crippen LogP contribution in [0.25, 0.3) is 0 Å². The molecule has 0 bridgehead atoms. The summed E-state index contributed by atoms with van der Waals surface area (Å²) in [5.74, 6) is 0.0151. The molecule has 0 saturated carbocycles. The standard InChI is InChI=1S/C15H20N4O2S/c1-11(20)19-8-6-18(7-9-19)10-14(21)17-13-4-2-12(3-5-13)15(16)22/h2-5H,6-10H2,1H3,(H2,16,22)(H,17,21). The molecule has 118 valence electrons. The molecule has 0 aromatic heterocycles. The van der Waals surface area contributed by atoms with E-state index in [0.717, 1.165) is 5.56 Å². The molecule has 1 aliphatic rings. The number of anilines is 1. The number of nitrogens with two attached hydrogens (primary N) is 1. The lowest BCUT2D eigenvalue weighted by Gasteiger charge is -2.33. The van der Waals surface area contributed by atoms with E-state index in [9.17, 15) is 9.59 Å². The van der Waals surface area contributed by atoms with Gasteiger partial charge in [0.15, 0.2) is 0 Å². The van der Waals surface area contributed by atoms with Gasteiger partial charge in [-0.25, -0.2) is 0 Å². The van der Waals surface area contributed by atoms with Gasteiger partial charge in [-0.05, 0) is 24.3 Å². The maximum atomic E-state index is 12.0. The molecule has 1 fully saturated rings. The number of rotatable bonds is 4. The van der Waals surface area contributed by atoms with E-state index in [1.807, 2.05) is 4.90 Å². The Kier molecular flexibility index (Phi) is 5.46. The fourth-order valence-electron chi connectivity index (χ4n) is 2.34. The SMILES string of the molecule is CC(=O)N1CCN(CC(=O)Nc2ccc(C(N)=S)cc2)CC1. The third-order valence-corrected chi connectivity index (χ3v) is 3.87. The van der Waals surface area contributed by atoms with E-state index in [1.165, 1.54) is 0 Å². The summed E-state index contributed by atoms with van der Waals surface area (Å²) in [5.41, 5.74) is 7.02. The number of amides is 2. The number of benzene rings is 1. The Hall–Kier alpha value is -1.99. The van der Waals surface area contributed by atoms with Crippen LogP contribution in [0, 0.1) is 0 Å². The maximum Gasteiger partial charge on any atom is 0.238 e. The molecular weight excluding hydrogens is 300 g/mol. The van der Waals surface area contributed by atoms with Gasteiger partial charge in [-0.3, -0.25) is 14.5 Å². The molecule has 1 heterocycles. The minimum atomic E-state index is -0.0700. The topological polar surface area (TPSA) is 78.7 Å². The van der Waals surface area contributed by atoms with Gasteiger partial charge in [0.2, 0.25) is 11.8 Å². The summed E-state index contributed by atoms with van der Waals surface area (Å²) >= 11 is 4.88. The van der Waals surface area contributed by atoms with Crippen LogP contribution in [0.15, 0.2) is 24.3 Å². The zero-order chi connectivity index (χ0) is 16.1. The lowest BCUT2D eigenvalue weighted by molar-refractivity contribution is -0.130. The maximum absolute atomic E-state index is 12.0. The Bertz CT molecular complexity index is 565. The van der Waals surface area contributed by atoms with Crippen molar-refractivity contribution in [3.8, 4) is 0 Å². The van der Waals surface area contributed by atoms with Gasteiger partial charge >= 0.3 is 0 Å². The predicted molar refractivity (Wildman–Crippen MR) is 89.7 cm³/mol. The van der Waals surface area contributed by atoms with Crippen molar-refractivity contribution in [2.75, 3.05) is 38.0 Å². The van der Waals surface area contributed by atoms with Crippen molar-refractivity contribution >= 4 is 34.7 Å². The minimum Gasteiger partial charge on any atom is -0.389 e. The highest BCUT2D eigenvalue weighted by molar-refractivity contribution is 7.80. The van der Waals surface area contributed by atoms with Crippen LogP contribution in [0.5, 0.6) is 0 Å². The molecule has 1 aliphatic heterocycles. The van der Waals surface area contributed by atoms with Crippen LogP contribution >= 0.6 is 12.2 Å². The number of thiocarbonyl (C=S) groups is 1. The van der Waals surface area contributed by atoms with E-state index in [0.29, 0.717) is 43.4 Å². The molecule has 0 radical (unpaired) electrons. The average molecular weight is 320 g/mol. The van der Waals surface area contributed by atoms with Gasteiger partial charge in [-0.15, -0.1) is 0 Å². The average Bonchev–Trinajstić information content (AvgIpc) is 2.48. The zero-order valence-electron chi connectivity index (χ0n) is 12.5. The zero-order valence-corrected chi connectivity index (χ0v) is 13.4. The number of hydrogen-bond donors (Lipinski definition) is 2. The predicted octanol–water partition coefficient (Wildman–Crippen LogP) is 0.423. The van der Waals surface area contributed by atoms with Crippen molar-refractivity contribution in [2.45, 2.75) is 6.92 Å². The first-order chi connectivity index (χ1) is 10.5. The van der Waals surface area contributed by atoms with Crippen LogP contribution in [0.2, 0.25) is 0 Å². The van der Waals surface area contributed by atoms with Gasteiger partial charge in [0.25, 0.3) is 0 Å². The molecule has 6 nitrogen and oxygen atoms in total. The first kappa shape index (κ1) is 16.4. The number of nitrogens with zero attached hydrogens (tertiary/aromatic N) is 2. The van der Waals surface area contributed by atoms with Crippen molar-refractivity contribution in [3.63, 3.8) is 0 Å². The summed E-state index contributed by atoms with van der Waals surface area (Å²) in [7, 11) is 0. The summed E-state index contributed by atoms with van der Waals surface area (Å²) in [6, 6.07) is 7.12. The normalized spacial score (nSPS) is 15.4. The van der Waals surface area contributed by atoms with E-state index in [4.69, 9.17) is 18.0 Å². The van der Waals surface area contributed by atoms with Gasteiger partial charge in [-0.2, -0.15) is 0 Å². The molecule has 7 heteroatoms. The van der Waals surface area contributed by atoms with Crippen LogP contribution in [0.4, 0.5) is 5.69 Å². The van der Waals surface area contributed by atoms with Gasteiger partial charge in [0.05, 0.1) is 6.54 Å². The second-order valence-electron chi connectivity index (χ2n) is 5.27. The van der Waals surface area contributed by atoms with E-state index in [-0.39, 0.29) is 11.8 Å². The lowest BCUT2D eigenvalue weighted by atomic mass is 10.2. The van der Waals surface area contributed by atoms with E-state index in [2.05, 4.69) is 5.32 Å². The molecule has 22 heavy (non-hydrogen) atoms. The van der Waals surface area contributed by atoms with Crippen molar-refractivity contribution in [1.29, 1.82) is 0 Å².